The lowest BCUT2D eigenvalue weighted by Crippen LogP contribution is -2.05. The van der Waals surface area contributed by atoms with E-state index in [1.165, 1.54) is 11.8 Å². The Morgan fingerprint density at radius 2 is 1.45 bits per heavy atom. The number of ketones is 1. The van der Waals surface area contributed by atoms with Crippen LogP contribution in [0.2, 0.25) is 0 Å². The topological polar surface area (TPSA) is 66.2 Å². The number of carbonyl (C=O) groups is 1. The maximum Gasteiger partial charge on any atom is 0.196 e. The molecular formula is C24H21N3O3S. The smallest absolute Gasteiger partial charge is 0.196 e. The van der Waals surface area contributed by atoms with Crippen molar-refractivity contribution in [2.24, 2.45) is 0 Å². The number of nitrogens with zero attached hydrogens (tertiary/aromatic N) is 3. The minimum absolute atomic E-state index is 0.0151. The van der Waals surface area contributed by atoms with Crippen LogP contribution in [0.5, 0.6) is 11.5 Å². The van der Waals surface area contributed by atoms with Gasteiger partial charge in [0.25, 0.3) is 0 Å². The molecular weight excluding hydrogens is 410 g/mol. The Kier molecular flexibility index (Phi) is 6.33. The number of rotatable bonds is 8. The van der Waals surface area contributed by atoms with Gasteiger partial charge in [-0.2, -0.15) is 0 Å². The number of aromatic nitrogens is 3. The molecule has 0 bridgehead atoms. The summed E-state index contributed by atoms with van der Waals surface area (Å²) >= 11 is 1.36. The SMILES string of the molecule is COc1ccc(C(=O)CSc2nnc(-c3ccc(OC)cc3)n2-c2ccccc2)cc1. The lowest BCUT2D eigenvalue weighted by atomic mass is 10.1. The Balaban J connectivity index is 1.62. The number of methoxy groups -OCH3 is 2. The Hall–Kier alpha value is -3.58. The summed E-state index contributed by atoms with van der Waals surface area (Å²) in [5, 5.41) is 9.44. The zero-order chi connectivity index (χ0) is 21.6. The number of carbonyl (C=O) groups excluding carboxylic acids is 1. The third-order valence-electron chi connectivity index (χ3n) is 4.74. The van der Waals surface area contributed by atoms with Gasteiger partial charge in [-0.1, -0.05) is 30.0 Å². The van der Waals surface area contributed by atoms with E-state index in [-0.39, 0.29) is 11.5 Å². The summed E-state index contributed by atoms with van der Waals surface area (Å²) in [5.74, 6) is 2.46. The van der Waals surface area contributed by atoms with Crippen molar-refractivity contribution in [3.05, 3.63) is 84.4 Å². The average Bonchev–Trinajstić information content (AvgIpc) is 3.27. The first kappa shape index (κ1) is 20.7. The molecule has 1 heterocycles. The van der Waals surface area contributed by atoms with Gasteiger partial charge < -0.3 is 9.47 Å². The maximum atomic E-state index is 12.7. The van der Waals surface area contributed by atoms with Gasteiger partial charge in [0.15, 0.2) is 16.8 Å². The van der Waals surface area contributed by atoms with Gasteiger partial charge in [-0.05, 0) is 60.7 Å². The van der Waals surface area contributed by atoms with Crippen LogP contribution < -0.4 is 9.47 Å². The average molecular weight is 432 g/mol. The third-order valence-corrected chi connectivity index (χ3v) is 5.67. The minimum Gasteiger partial charge on any atom is -0.497 e. The van der Waals surface area contributed by atoms with Crippen molar-refractivity contribution in [3.63, 3.8) is 0 Å². The molecule has 0 radical (unpaired) electrons. The number of para-hydroxylation sites is 1. The number of ether oxygens (including phenoxy) is 2. The Labute approximate surface area is 184 Å². The molecule has 0 saturated heterocycles. The van der Waals surface area contributed by atoms with Crippen LogP contribution in [0, 0.1) is 0 Å². The van der Waals surface area contributed by atoms with Crippen molar-refractivity contribution in [2.45, 2.75) is 5.16 Å². The first-order chi connectivity index (χ1) is 15.2. The monoisotopic (exact) mass is 431 g/mol. The molecule has 6 nitrogen and oxygen atoms in total. The van der Waals surface area contributed by atoms with Crippen molar-refractivity contribution >= 4 is 17.5 Å². The first-order valence-electron chi connectivity index (χ1n) is 9.65. The molecule has 0 spiro atoms. The van der Waals surface area contributed by atoms with E-state index in [1.54, 1.807) is 38.5 Å². The van der Waals surface area contributed by atoms with Crippen molar-refractivity contribution in [1.29, 1.82) is 0 Å². The number of hydrogen-bond acceptors (Lipinski definition) is 6. The predicted molar refractivity (Wildman–Crippen MR) is 121 cm³/mol. The van der Waals surface area contributed by atoms with Crippen LogP contribution in [0.15, 0.2) is 84.0 Å². The molecule has 0 amide bonds. The highest BCUT2D eigenvalue weighted by Gasteiger charge is 2.18. The van der Waals surface area contributed by atoms with Crippen LogP contribution in [-0.4, -0.2) is 40.5 Å². The molecule has 7 heteroatoms. The molecule has 0 aliphatic rings. The van der Waals surface area contributed by atoms with Crippen LogP contribution in [-0.2, 0) is 0 Å². The van der Waals surface area contributed by atoms with Gasteiger partial charge in [0.05, 0.1) is 20.0 Å². The van der Waals surface area contributed by atoms with Gasteiger partial charge in [-0.15, -0.1) is 10.2 Å². The Morgan fingerprint density at radius 1 is 0.839 bits per heavy atom. The molecule has 0 fully saturated rings. The number of Topliss-reactive ketones (excluding diaryl/α,β-unsaturated/α-hetero) is 1. The quantitative estimate of drug-likeness (QED) is 0.291. The van der Waals surface area contributed by atoms with Gasteiger partial charge >= 0.3 is 0 Å². The Bertz CT molecular complexity index is 1160. The summed E-state index contributed by atoms with van der Waals surface area (Å²) in [6.07, 6.45) is 0. The number of hydrogen-bond donors (Lipinski definition) is 0. The fourth-order valence-electron chi connectivity index (χ4n) is 3.09. The summed E-state index contributed by atoms with van der Waals surface area (Å²) in [6, 6.07) is 24.6. The van der Waals surface area contributed by atoms with Crippen LogP contribution in [0.4, 0.5) is 0 Å². The van der Waals surface area contributed by atoms with Gasteiger partial charge in [0, 0.05) is 16.8 Å². The lowest BCUT2D eigenvalue weighted by Gasteiger charge is -2.10. The molecule has 4 aromatic rings. The van der Waals surface area contributed by atoms with E-state index in [0.29, 0.717) is 16.5 Å². The maximum absolute atomic E-state index is 12.7. The summed E-state index contributed by atoms with van der Waals surface area (Å²) in [4.78, 5) is 12.7. The van der Waals surface area contributed by atoms with Gasteiger partial charge in [-0.25, -0.2) is 0 Å². The van der Waals surface area contributed by atoms with Crippen LogP contribution in [0.3, 0.4) is 0 Å². The molecule has 31 heavy (non-hydrogen) atoms. The van der Waals surface area contributed by atoms with Gasteiger partial charge in [0.2, 0.25) is 0 Å². The highest BCUT2D eigenvalue weighted by Crippen LogP contribution is 2.29. The summed E-state index contributed by atoms with van der Waals surface area (Å²) < 4.78 is 12.4. The second-order valence-corrected chi connectivity index (χ2v) is 7.59. The summed E-state index contributed by atoms with van der Waals surface area (Å²) in [5.41, 5.74) is 2.47. The lowest BCUT2D eigenvalue weighted by molar-refractivity contribution is 0.102. The standard InChI is InChI=1S/C24H21N3O3S/c1-29-20-12-8-17(9-13-20)22(28)16-31-24-26-25-23(18-10-14-21(30-2)15-11-18)27(24)19-6-4-3-5-7-19/h3-15H,16H2,1-2H3. The first-order valence-corrected chi connectivity index (χ1v) is 10.6. The third kappa shape index (κ3) is 4.62. The largest absolute Gasteiger partial charge is 0.497 e. The summed E-state index contributed by atoms with van der Waals surface area (Å²) in [6.45, 7) is 0. The van der Waals surface area contributed by atoms with E-state index in [1.807, 2.05) is 59.2 Å². The van der Waals surface area contributed by atoms with Crippen LogP contribution in [0.1, 0.15) is 10.4 Å². The van der Waals surface area contributed by atoms with E-state index in [9.17, 15) is 4.79 Å². The normalized spacial score (nSPS) is 10.6. The molecule has 3 aromatic carbocycles. The van der Waals surface area contributed by atoms with E-state index >= 15 is 0 Å². The molecule has 156 valence electrons. The van der Waals surface area contributed by atoms with Crippen LogP contribution >= 0.6 is 11.8 Å². The number of thioether (sulfide) groups is 1. The zero-order valence-corrected chi connectivity index (χ0v) is 18.0. The summed E-state index contributed by atoms with van der Waals surface area (Å²) in [7, 11) is 3.24. The molecule has 0 aliphatic heterocycles. The van der Waals surface area contributed by atoms with Crippen molar-refractivity contribution in [1.82, 2.24) is 14.8 Å². The van der Waals surface area contributed by atoms with Crippen molar-refractivity contribution < 1.29 is 14.3 Å². The zero-order valence-electron chi connectivity index (χ0n) is 17.2. The molecule has 0 atom stereocenters. The fraction of sp³-hybridized carbons (Fsp3) is 0.125. The second-order valence-electron chi connectivity index (χ2n) is 6.65. The van der Waals surface area contributed by atoms with E-state index < -0.39 is 0 Å². The minimum atomic E-state index is 0.0151. The molecule has 1 aromatic heterocycles. The van der Waals surface area contributed by atoms with Crippen molar-refractivity contribution in [2.75, 3.05) is 20.0 Å². The van der Waals surface area contributed by atoms with Gasteiger partial charge in [0.1, 0.15) is 11.5 Å². The molecule has 0 saturated carbocycles. The molecule has 0 unspecified atom stereocenters. The predicted octanol–water partition coefficient (Wildman–Crippen LogP) is 4.93. The molecule has 0 aliphatic carbocycles. The van der Waals surface area contributed by atoms with Crippen molar-refractivity contribution in [3.8, 4) is 28.6 Å². The van der Waals surface area contributed by atoms with E-state index in [0.717, 1.165) is 22.7 Å². The fourth-order valence-corrected chi connectivity index (χ4v) is 3.94. The van der Waals surface area contributed by atoms with E-state index in [4.69, 9.17) is 9.47 Å². The highest BCUT2D eigenvalue weighted by molar-refractivity contribution is 7.99. The van der Waals surface area contributed by atoms with Gasteiger partial charge in [-0.3, -0.25) is 9.36 Å². The number of benzene rings is 3. The molecule has 0 N–H and O–H groups in total. The second kappa shape index (κ2) is 9.49. The highest BCUT2D eigenvalue weighted by atomic mass is 32.2. The molecule has 4 rings (SSSR count). The van der Waals surface area contributed by atoms with E-state index in [2.05, 4.69) is 10.2 Å². The van der Waals surface area contributed by atoms with Crippen LogP contribution in [0.25, 0.3) is 17.1 Å². The Morgan fingerprint density at radius 3 is 2.06 bits per heavy atom.